The van der Waals surface area contributed by atoms with Crippen LogP contribution in [0, 0.1) is 10.8 Å². The van der Waals surface area contributed by atoms with Crippen LogP contribution in [0.5, 0.6) is 0 Å². The fraction of sp³-hybridized carbons (Fsp3) is 0.800. The Morgan fingerprint density at radius 1 is 1.50 bits per heavy atom. The predicted molar refractivity (Wildman–Crippen MR) is 29.4 cm³/mol. The minimum atomic E-state index is -1.40. The van der Waals surface area contributed by atoms with E-state index < -0.39 is 12.0 Å². The number of hydrogen-bond acceptors (Lipinski definition) is 4. The Balaban J connectivity index is 0. The van der Waals surface area contributed by atoms with Gasteiger partial charge < -0.3 is 9.90 Å². The zero-order valence-electron chi connectivity index (χ0n) is 6.33. The van der Waals surface area contributed by atoms with Crippen molar-refractivity contribution in [3.63, 3.8) is 0 Å². The van der Waals surface area contributed by atoms with Gasteiger partial charge in [0.1, 0.15) is 6.04 Å². The Morgan fingerprint density at radius 2 is 1.90 bits per heavy atom. The normalized spacial score (nSPS) is 11.9. The first-order valence-corrected chi connectivity index (χ1v) is 2.63. The standard InChI is InChI=1S/C5H9NO3.K/c1-3(2)4(6-9)5(7)8;/h3-4H,1-2H3,(H,7,8);/q;+1/p-1/t4-;/m0./s1. The van der Waals surface area contributed by atoms with Gasteiger partial charge in [0.15, 0.2) is 0 Å². The van der Waals surface area contributed by atoms with Crippen LogP contribution in [-0.4, -0.2) is 12.0 Å². The van der Waals surface area contributed by atoms with E-state index in [9.17, 15) is 14.8 Å². The van der Waals surface area contributed by atoms with Crippen molar-refractivity contribution in [2.75, 3.05) is 0 Å². The molecule has 5 heteroatoms. The van der Waals surface area contributed by atoms with Crippen molar-refractivity contribution < 1.29 is 61.3 Å². The molecule has 0 amide bonds. The molecule has 0 aromatic heterocycles. The maximum Gasteiger partial charge on any atom is 1.00 e. The summed E-state index contributed by atoms with van der Waals surface area (Å²) in [6.07, 6.45) is 0. The number of carboxylic acids is 1. The van der Waals surface area contributed by atoms with Crippen LogP contribution in [0.1, 0.15) is 13.8 Å². The third-order valence-corrected chi connectivity index (χ3v) is 0.987. The third-order valence-electron chi connectivity index (χ3n) is 0.987. The second-order valence-electron chi connectivity index (χ2n) is 2.11. The van der Waals surface area contributed by atoms with Crippen LogP contribution in [-0.2, 0) is 4.79 Å². The van der Waals surface area contributed by atoms with E-state index in [1.165, 1.54) is 0 Å². The average molecular weight is 169 g/mol. The molecule has 0 aromatic carbocycles. The van der Waals surface area contributed by atoms with Crippen LogP contribution in [0.15, 0.2) is 5.18 Å². The summed E-state index contributed by atoms with van der Waals surface area (Å²) in [6.45, 7) is 3.20. The average Bonchev–Trinajstić information content (AvgIpc) is 1.64. The molecule has 0 N–H and O–H groups in total. The van der Waals surface area contributed by atoms with E-state index in [1.807, 2.05) is 0 Å². The number of carboxylic acid groups (broad SMARTS) is 1. The van der Waals surface area contributed by atoms with Crippen molar-refractivity contribution in [3.8, 4) is 0 Å². The molecule has 0 aliphatic carbocycles. The minimum absolute atomic E-state index is 0. The smallest absolute Gasteiger partial charge is 0.548 e. The van der Waals surface area contributed by atoms with Crippen LogP contribution >= 0.6 is 0 Å². The second kappa shape index (κ2) is 6.42. The van der Waals surface area contributed by atoms with Gasteiger partial charge in [0, 0.05) is 0 Å². The van der Waals surface area contributed by atoms with Crippen molar-refractivity contribution in [2.45, 2.75) is 19.9 Å². The van der Waals surface area contributed by atoms with Crippen LogP contribution in [0.3, 0.4) is 0 Å². The van der Waals surface area contributed by atoms with Gasteiger partial charge >= 0.3 is 51.4 Å². The number of aliphatic carboxylic acids is 1. The van der Waals surface area contributed by atoms with Gasteiger partial charge in [-0.3, -0.25) is 0 Å². The van der Waals surface area contributed by atoms with Gasteiger partial charge in [0.05, 0.1) is 5.97 Å². The van der Waals surface area contributed by atoms with E-state index in [2.05, 4.69) is 5.18 Å². The van der Waals surface area contributed by atoms with Crippen LogP contribution in [0.25, 0.3) is 0 Å². The zero-order valence-corrected chi connectivity index (χ0v) is 9.45. The summed E-state index contributed by atoms with van der Waals surface area (Å²) >= 11 is 0. The Kier molecular flexibility index (Phi) is 8.54. The van der Waals surface area contributed by atoms with Crippen molar-refractivity contribution in [2.24, 2.45) is 11.1 Å². The molecule has 10 heavy (non-hydrogen) atoms. The topological polar surface area (TPSA) is 69.6 Å². The molecule has 0 saturated heterocycles. The number of nitroso groups, excluding NO2 is 1. The number of rotatable bonds is 3. The number of carbonyl (C=O) groups excluding carboxylic acids is 1. The molecule has 0 bridgehead atoms. The van der Waals surface area contributed by atoms with Gasteiger partial charge in [-0.1, -0.05) is 19.0 Å². The van der Waals surface area contributed by atoms with Gasteiger partial charge in [0.2, 0.25) is 0 Å². The molecule has 4 nitrogen and oxygen atoms in total. The largest absolute Gasteiger partial charge is 1.00 e. The molecule has 0 spiro atoms. The summed E-state index contributed by atoms with van der Waals surface area (Å²) < 4.78 is 0. The molecular formula is C5H8KNO3. The molecule has 0 radical (unpaired) electrons. The Bertz CT molecular complexity index is 126. The fourth-order valence-electron chi connectivity index (χ4n) is 0.437. The van der Waals surface area contributed by atoms with E-state index in [0.29, 0.717) is 0 Å². The maximum atomic E-state index is 9.97. The van der Waals surface area contributed by atoms with E-state index in [1.54, 1.807) is 13.8 Å². The monoisotopic (exact) mass is 169 g/mol. The molecule has 0 aliphatic rings. The first-order valence-electron chi connectivity index (χ1n) is 2.63. The molecule has 1 atom stereocenters. The number of hydrogen-bond donors (Lipinski definition) is 0. The summed E-state index contributed by atoms with van der Waals surface area (Å²) in [6, 6.07) is -1.20. The summed E-state index contributed by atoms with van der Waals surface area (Å²) in [5.74, 6) is -1.69. The first-order chi connectivity index (χ1) is 4.09. The minimum Gasteiger partial charge on any atom is -0.548 e. The van der Waals surface area contributed by atoms with E-state index in [4.69, 9.17) is 0 Å². The zero-order chi connectivity index (χ0) is 7.44. The van der Waals surface area contributed by atoms with Gasteiger partial charge in [0.25, 0.3) is 0 Å². The van der Waals surface area contributed by atoms with Crippen molar-refractivity contribution in [3.05, 3.63) is 4.91 Å². The van der Waals surface area contributed by atoms with Crippen LogP contribution in [0.2, 0.25) is 0 Å². The van der Waals surface area contributed by atoms with Gasteiger partial charge in [-0.2, -0.15) is 4.91 Å². The van der Waals surface area contributed by atoms with Gasteiger partial charge in [-0.05, 0) is 5.92 Å². The molecule has 0 aliphatic heterocycles. The Morgan fingerprint density at radius 3 is 1.90 bits per heavy atom. The quantitative estimate of drug-likeness (QED) is 0.325. The van der Waals surface area contributed by atoms with Crippen molar-refractivity contribution >= 4 is 5.97 Å². The summed E-state index contributed by atoms with van der Waals surface area (Å²) in [4.78, 5) is 19.7. The molecule has 0 aromatic rings. The van der Waals surface area contributed by atoms with Crippen molar-refractivity contribution in [1.82, 2.24) is 0 Å². The van der Waals surface area contributed by atoms with E-state index in [0.717, 1.165) is 0 Å². The molecule has 0 heterocycles. The summed E-state index contributed by atoms with van der Waals surface area (Å²) in [5.41, 5.74) is 0. The van der Waals surface area contributed by atoms with E-state index in [-0.39, 0.29) is 57.3 Å². The summed E-state index contributed by atoms with van der Waals surface area (Å²) in [7, 11) is 0. The second-order valence-corrected chi connectivity index (χ2v) is 2.11. The maximum absolute atomic E-state index is 9.97. The first kappa shape index (κ1) is 13.3. The molecule has 0 rings (SSSR count). The Hall–Kier alpha value is 0.706. The number of carbonyl (C=O) groups is 1. The molecular weight excluding hydrogens is 161 g/mol. The van der Waals surface area contributed by atoms with Crippen molar-refractivity contribution in [1.29, 1.82) is 0 Å². The predicted octanol–water partition coefficient (Wildman–Crippen LogP) is -3.47. The van der Waals surface area contributed by atoms with E-state index >= 15 is 0 Å². The van der Waals surface area contributed by atoms with Crippen LogP contribution < -0.4 is 56.5 Å². The number of nitrogens with zero attached hydrogens (tertiary/aromatic N) is 1. The molecule has 0 saturated carbocycles. The molecule has 52 valence electrons. The fourth-order valence-corrected chi connectivity index (χ4v) is 0.437. The SMILES string of the molecule is CC(C)[C@H](N=O)C(=O)[O-].[K+]. The summed E-state index contributed by atoms with van der Waals surface area (Å²) in [5, 5.41) is 12.3. The van der Waals surface area contributed by atoms with Gasteiger partial charge in [-0.25, -0.2) is 0 Å². The van der Waals surface area contributed by atoms with Gasteiger partial charge in [-0.15, -0.1) is 0 Å². The Labute approximate surface area is 102 Å². The third kappa shape index (κ3) is 4.51. The molecule has 0 fully saturated rings. The molecule has 0 unspecified atom stereocenters. The van der Waals surface area contributed by atoms with Crippen LogP contribution in [0.4, 0.5) is 0 Å².